The summed E-state index contributed by atoms with van der Waals surface area (Å²) in [6.45, 7) is 0. The Kier molecular flexibility index (Phi) is 6.81. The van der Waals surface area contributed by atoms with Gasteiger partial charge in [0.15, 0.2) is 0 Å². The Morgan fingerprint density at radius 2 is 1.30 bits per heavy atom. The summed E-state index contributed by atoms with van der Waals surface area (Å²) in [6.07, 6.45) is -10.6. The first-order chi connectivity index (χ1) is 11.8. The zero-order chi connectivity index (χ0) is 21.5. The molecule has 0 saturated heterocycles. The number of halogens is 9. The maximum absolute atomic E-state index is 13.8. The Morgan fingerprint density at radius 1 is 0.852 bits per heavy atom. The fourth-order valence-electron chi connectivity index (χ4n) is 1.48. The van der Waals surface area contributed by atoms with Gasteiger partial charge in [0.2, 0.25) is 0 Å². The molecule has 0 unspecified atom stereocenters. The summed E-state index contributed by atoms with van der Waals surface area (Å²) in [5.41, 5.74) is 0. The summed E-state index contributed by atoms with van der Waals surface area (Å²) in [6, 6.07) is 6.74. The lowest BCUT2D eigenvalue weighted by atomic mass is 10.4. The van der Waals surface area contributed by atoms with Crippen LogP contribution in [0.25, 0.3) is 0 Å². The molecule has 0 saturated carbocycles. The average Bonchev–Trinajstić information content (AvgIpc) is 2.44. The fraction of sp³-hybridized carbons (Fsp3) is 0.500. The molecular formula is C12H11F8IO4S2. The molecule has 0 fully saturated rings. The molecule has 1 aromatic rings. The molecule has 0 radical (unpaired) electrons. The number of benzene rings is 1. The third-order valence-electron chi connectivity index (χ3n) is 2.81. The molecule has 0 aliphatic rings. The van der Waals surface area contributed by atoms with Crippen LogP contribution in [0.4, 0.5) is 35.1 Å². The highest BCUT2D eigenvalue weighted by Crippen LogP contribution is 2.56. The van der Waals surface area contributed by atoms with Crippen LogP contribution in [0.2, 0.25) is 0 Å². The van der Waals surface area contributed by atoms with Crippen molar-refractivity contribution in [3.63, 3.8) is 0 Å². The molecule has 0 aliphatic heterocycles. The van der Waals surface area contributed by atoms with Crippen molar-refractivity contribution in [3.05, 3.63) is 30.3 Å². The molecule has 4 nitrogen and oxygen atoms in total. The maximum Gasteiger partial charge on any atom is 0.461 e. The van der Waals surface area contributed by atoms with Crippen LogP contribution in [0.5, 0.6) is 0 Å². The molecule has 0 atom stereocenters. The molecule has 0 spiro atoms. The number of alkyl halides is 9. The number of hydrogen-bond acceptors (Lipinski definition) is 4. The second-order valence-electron chi connectivity index (χ2n) is 5.22. The Balaban J connectivity index is 3.23. The van der Waals surface area contributed by atoms with Gasteiger partial charge in [0.1, 0.15) is 0 Å². The van der Waals surface area contributed by atoms with E-state index in [0.717, 1.165) is 12.5 Å². The van der Waals surface area contributed by atoms with Gasteiger partial charge in [0.05, 0.1) is 0 Å². The van der Waals surface area contributed by atoms with Gasteiger partial charge in [-0.05, 0) is 24.6 Å². The molecule has 15 heteroatoms. The van der Waals surface area contributed by atoms with E-state index in [-0.39, 0.29) is 27.5 Å². The van der Waals surface area contributed by atoms with Crippen LogP contribution in [0.1, 0.15) is 0 Å². The Hall–Kier alpha value is -0.390. The SMILES string of the molecule is CS(C)(OS(=O)(=O)C(F)(F)C(F)(F)OC(F)(F)C(F)(F)I)c1ccccc1. The van der Waals surface area contributed by atoms with Crippen molar-refractivity contribution in [1.82, 2.24) is 0 Å². The van der Waals surface area contributed by atoms with Gasteiger partial charge >= 0.3 is 31.5 Å². The van der Waals surface area contributed by atoms with Crippen LogP contribution in [0, 0.1) is 0 Å². The van der Waals surface area contributed by atoms with Crippen molar-refractivity contribution in [2.75, 3.05) is 12.5 Å². The predicted molar refractivity (Wildman–Crippen MR) is 89.0 cm³/mol. The van der Waals surface area contributed by atoms with Gasteiger partial charge in [-0.15, -0.1) is 0 Å². The largest absolute Gasteiger partial charge is 0.461 e. The smallest absolute Gasteiger partial charge is 0.244 e. The van der Waals surface area contributed by atoms with E-state index in [1.165, 1.54) is 30.3 Å². The molecule has 1 rings (SSSR count). The normalized spacial score (nSPS) is 15.7. The van der Waals surface area contributed by atoms with Gasteiger partial charge in [-0.2, -0.15) is 43.5 Å². The molecule has 0 N–H and O–H groups in total. The molecule has 27 heavy (non-hydrogen) atoms. The average molecular weight is 562 g/mol. The van der Waals surface area contributed by atoms with Crippen LogP contribution >= 0.6 is 32.9 Å². The minimum Gasteiger partial charge on any atom is -0.244 e. The number of rotatable bonds is 8. The monoisotopic (exact) mass is 562 g/mol. The highest BCUT2D eigenvalue weighted by molar-refractivity contribution is 14.1. The van der Waals surface area contributed by atoms with Crippen molar-refractivity contribution in [2.24, 2.45) is 0 Å². The summed E-state index contributed by atoms with van der Waals surface area (Å²) < 4.78 is 130. The van der Waals surface area contributed by atoms with E-state index in [1.807, 2.05) is 0 Å². The molecule has 0 aromatic heterocycles. The third-order valence-corrected chi connectivity index (χ3v) is 7.79. The molecule has 158 valence electrons. The quantitative estimate of drug-likeness (QED) is 0.249. The van der Waals surface area contributed by atoms with Gasteiger partial charge in [-0.3, -0.25) is 0 Å². The summed E-state index contributed by atoms with van der Waals surface area (Å²) in [4.78, 5) is 0.0396. The summed E-state index contributed by atoms with van der Waals surface area (Å²) in [5.74, 6) is 0. The first kappa shape index (κ1) is 24.6. The van der Waals surface area contributed by atoms with Crippen LogP contribution in [-0.4, -0.2) is 42.3 Å². The van der Waals surface area contributed by atoms with E-state index >= 15 is 0 Å². The Labute approximate surface area is 164 Å². The van der Waals surface area contributed by atoms with Gasteiger partial charge in [-0.25, -0.2) is 8.37 Å². The van der Waals surface area contributed by atoms with Crippen LogP contribution in [0.3, 0.4) is 0 Å². The van der Waals surface area contributed by atoms with Gasteiger partial charge in [-0.1, -0.05) is 28.5 Å². The minimum absolute atomic E-state index is 0.0396. The predicted octanol–water partition coefficient (Wildman–Crippen LogP) is 5.19. The first-order valence-corrected chi connectivity index (χ1v) is 11.3. The van der Waals surface area contributed by atoms with Gasteiger partial charge in [0, 0.05) is 27.5 Å². The van der Waals surface area contributed by atoms with E-state index < -0.39 is 41.8 Å². The lowest BCUT2D eigenvalue weighted by Gasteiger charge is -2.34. The summed E-state index contributed by atoms with van der Waals surface area (Å²) >= 11 is -0.325. The fourth-order valence-corrected chi connectivity index (χ4v) is 5.18. The zero-order valence-electron chi connectivity index (χ0n) is 13.2. The molecule has 0 heterocycles. The highest BCUT2D eigenvalue weighted by atomic mass is 127. The Morgan fingerprint density at radius 3 is 1.70 bits per heavy atom. The topological polar surface area (TPSA) is 52.6 Å². The maximum atomic E-state index is 13.8. The standard InChI is InChI=1S/C12H11F8IO4S2/c1-26(2,8-6-4-3-5-7-8)25-27(22,23)12(19,20)11(17,18)24-10(15,16)9(13,14)21/h3-7H,1-2H3. The molecular weight excluding hydrogens is 551 g/mol. The van der Waals surface area contributed by atoms with Crippen molar-refractivity contribution in [2.45, 2.75) is 26.3 Å². The van der Waals surface area contributed by atoms with Gasteiger partial charge < -0.3 is 0 Å². The third kappa shape index (κ3) is 5.16. The van der Waals surface area contributed by atoms with Gasteiger partial charge in [0.25, 0.3) is 0 Å². The van der Waals surface area contributed by atoms with Crippen molar-refractivity contribution in [3.8, 4) is 0 Å². The second-order valence-corrected chi connectivity index (χ2v) is 11.5. The Bertz CT molecular complexity index is 765. The lowest BCUT2D eigenvalue weighted by Crippen LogP contribution is -2.55. The molecule has 0 aliphatic carbocycles. The van der Waals surface area contributed by atoms with Crippen molar-refractivity contribution < 1.29 is 51.9 Å². The van der Waals surface area contributed by atoms with E-state index in [0.29, 0.717) is 0 Å². The summed E-state index contributed by atoms with van der Waals surface area (Å²) in [7, 11) is -9.72. The van der Waals surface area contributed by atoms with Crippen molar-refractivity contribution >= 4 is 43.0 Å². The van der Waals surface area contributed by atoms with Crippen LogP contribution in [0.15, 0.2) is 35.2 Å². The molecule has 0 amide bonds. The lowest BCUT2D eigenvalue weighted by molar-refractivity contribution is -0.438. The summed E-state index contributed by atoms with van der Waals surface area (Å²) in [5, 5.41) is -6.40. The molecule has 1 aromatic carbocycles. The van der Waals surface area contributed by atoms with Crippen molar-refractivity contribution in [1.29, 1.82) is 0 Å². The van der Waals surface area contributed by atoms with E-state index in [9.17, 15) is 43.5 Å². The first-order valence-electron chi connectivity index (χ1n) is 6.41. The van der Waals surface area contributed by atoms with E-state index in [1.54, 1.807) is 0 Å². The minimum atomic E-state index is -6.59. The number of ether oxygens (including phenoxy) is 1. The van der Waals surface area contributed by atoms with E-state index in [2.05, 4.69) is 8.37 Å². The van der Waals surface area contributed by atoms with Crippen LogP contribution < -0.4 is 0 Å². The zero-order valence-corrected chi connectivity index (χ0v) is 17.0. The highest BCUT2D eigenvalue weighted by Gasteiger charge is 2.74. The van der Waals surface area contributed by atoms with Crippen LogP contribution in [-0.2, 0) is 18.5 Å². The molecule has 0 bridgehead atoms. The van der Waals surface area contributed by atoms with E-state index in [4.69, 9.17) is 0 Å². The second kappa shape index (κ2) is 7.46. The number of hydrogen-bond donors (Lipinski definition) is 0.